The predicted molar refractivity (Wildman–Crippen MR) is 131 cm³/mol. The highest BCUT2D eigenvalue weighted by atomic mass is 32.1. The molecule has 1 aromatic heterocycles. The van der Waals surface area contributed by atoms with Crippen molar-refractivity contribution in [1.29, 1.82) is 0 Å². The van der Waals surface area contributed by atoms with Crippen LogP contribution in [0.25, 0.3) is 10.1 Å². The molecule has 0 spiro atoms. The number of benzene rings is 2. The average Bonchev–Trinajstić information content (AvgIpc) is 3.31. The zero-order valence-corrected chi connectivity index (χ0v) is 20.1. The van der Waals surface area contributed by atoms with Crippen molar-refractivity contribution in [2.24, 2.45) is 5.10 Å². The van der Waals surface area contributed by atoms with Gasteiger partial charge in [-0.3, -0.25) is 9.59 Å². The van der Waals surface area contributed by atoms with Gasteiger partial charge in [-0.1, -0.05) is 12.1 Å². The average molecular weight is 504 g/mol. The fraction of sp³-hybridized carbons (Fsp3) is 0.292. The fourth-order valence-electron chi connectivity index (χ4n) is 3.21. The van der Waals surface area contributed by atoms with Crippen LogP contribution in [-0.4, -0.2) is 63.2 Å². The molecule has 0 bridgehead atoms. The Morgan fingerprint density at radius 3 is 2.71 bits per heavy atom. The first kappa shape index (κ1) is 26.1. The molecule has 0 saturated carbocycles. The van der Waals surface area contributed by atoms with Crippen LogP contribution in [0.2, 0.25) is 0 Å². The van der Waals surface area contributed by atoms with Gasteiger partial charge in [0.2, 0.25) is 0 Å². The number of amides is 2. The quantitative estimate of drug-likeness (QED) is 0.258. The Labute approximate surface area is 205 Å². The number of nitrogens with zero attached hydrogens (tertiary/aromatic N) is 1. The number of aliphatic hydroxyl groups excluding tert-OH is 1. The van der Waals surface area contributed by atoms with Gasteiger partial charge < -0.3 is 24.6 Å². The molecule has 0 aliphatic carbocycles. The van der Waals surface area contributed by atoms with Gasteiger partial charge in [0.25, 0.3) is 11.8 Å². The lowest BCUT2D eigenvalue weighted by Gasteiger charge is -2.11. The Balaban J connectivity index is 1.65. The Morgan fingerprint density at radius 2 is 1.97 bits per heavy atom. The molecule has 186 valence electrons. The summed E-state index contributed by atoms with van der Waals surface area (Å²) in [6, 6.07) is 9.35. The molecule has 1 heterocycles. The molecule has 2 aromatic carbocycles. The summed E-state index contributed by atoms with van der Waals surface area (Å²) in [4.78, 5) is 24.8. The molecule has 0 aliphatic rings. The van der Waals surface area contributed by atoms with Crippen LogP contribution in [-0.2, 0) is 9.53 Å². The molecule has 0 aliphatic heterocycles. The molecule has 11 heteroatoms. The summed E-state index contributed by atoms with van der Waals surface area (Å²) in [7, 11) is 2.98. The topological polar surface area (TPSA) is 118 Å². The number of thiophene rings is 1. The van der Waals surface area contributed by atoms with Crippen LogP contribution >= 0.6 is 11.3 Å². The maximum Gasteiger partial charge on any atom is 0.259 e. The molecule has 0 saturated heterocycles. The third-order valence-electron chi connectivity index (χ3n) is 4.91. The largest absolute Gasteiger partial charge is 0.493 e. The van der Waals surface area contributed by atoms with Gasteiger partial charge in [0.1, 0.15) is 12.4 Å². The van der Waals surface area contributed by atoms with E-state index in [2.05, 4.69) is 15.8 Å². The second-order valence-electron chi connectivity index (χ2n) is 7.22. The number of carbonyl (C=O) groups excluding carboxylic acids is 2. The Hall–Kier alpha value is -3.54. The highest BCUT2D eigenvalue weighted by Gasteiger charge is 2.15. The Kier molecular flexibility index (Phi) is 9.53. The molecule has 0 radical (unpaired) electrons. The lowest BCUT2D eigenvalue weighted by atomic mass is 10.1. The minimum Gasteiger partial charge on any atom is -0.493 e. The van der Waals surface area contributed by atoms with E-state index in [9.17, 15) is 14.0 Å². The summed E-state index contributed by atoms with van der Waals surface area (Å²) >= 11 is 1.26. The zero-order chi connectivity index (χ0) is 25.2. The van der Waals surface area contributed by atoms with Crippen LogP contribution in [0.1, 0.15) is 22.3 Å². The summed E-state index contributed by atoms with van der Waals surface area (Å²) in [6.45, 7) is -0.0251. The van der Waals surface area contributed by atoms with Gasteiger partial charge in [0, 0.05) is 35.4 Å². The van der Waals surface area contributed by atoms with E-state index in [0.29, 0.717) is 45.9 Å². The van der Waals surface area contributed by atoms with Crippen molar-refractivity contribution < 1.29 is 33.3 Å². The minimum atomic E-state index is -0.533. The molecule has 0 unspecified atom stereocenters. The first-order valence-electron chi connectivity index (χ1n) is 10.7. The molecule has 0 fully saturated rings. The van der Waals surface area contributed by atoms with Crippen molar-refractivity contribution in [2.75, 3.05) is 40.6 Å². The van der Waals surface area contributed by atoms with Gasteiger partial charge in [-0.2, -0.15) is 5.10 Å². The van der Waals surface area contributed by atoms with E-state index in [4.69, 9.17) is 19.3 Å². The highest BCUT2D eigenvalue weighted by Crippen LogP contribution is 2.29. The summed E-state index contributed by atoms with van der Waals surface area (Å²) in [6.07, 6.45) is 0.399. The molecular formula is C24H26FN3O6S. The number of methoxy groups -OCH3 is 2. The van der Waals surface area contributed by atoms with E-state index >= 15 is 0 Å². The number of hydrogen-bond acceptors (Lipinski definition) is 8. The fourth-order valence-corrected chi connectivity index (χ4v) is 4.19. The van der Waals surface area contributed by atoms with Crippen molar-refractivity contribution in [1.82, 2.24) is 10.7 Å². The van der Waals surface area contributed by atoms with Crippen LogP contribution in [0.5, 0.6) is 11.5 Å². The maximum atomic E-state index is 14.1. The number of halogens is 1. The first-order chi connectivity index (χ1) is 17.0. The van der Waals surface area contributed by atoms with Crippen molar-refractivity contribution >= 4 is 38.9 Å². The minimum absolute atomic E-state index is 0.0884. The van der Waals surface area contributed by atoms with Gasteiger partial charge >= 0.3 is 0 Å². The predicted octanol–water partition coefficient (Wildman–Crippen LogP) is 2.71. The van der Waals surface area contributed by atoms with Crippen LogP contribution in [0.4, 0.5) is 4.39 Å². The van der Waals surface area contributed by atoms with E-state index in [1.165, 1.54) is 36.6 Å². The second kappa shape index (κ2) is 12.8. The molecule has 3 N–H and O–H groups in total. The Bertz CT molecular complexity index is 1210. The summed E-state index contributed by atoms with van der Waals surface area (Å²) in [5.41, 5.74) is 3.95. The van der Waals surface area contributed by atoms with Gasteiger partial charge in [-0.25, -0.2) is 9.82 Å². The maximum absolute atomic E-state index is 14.1. The Morgan fingerprint density at radius 1 is 1.14 bits per heavy atom. The molecule has 3 rings (SSSR count). The summed E-state index contributed by atoms with van der Waals surface area (Å²) < 4.78 is 30.3. The number of hydrazone groups is 1. The van der Waals surface area contributed by atoms with Crippen molar-refractivity contribution in [3.8, 4) is 11.5 Å². The number of nitrogens with one attached hydrogen (secondary N) is 2. The van der Waals surface area contributed by atoms with E-state index in [-0.39, 0.29) is 31.1 Å². The van der Waals surface area contributed by atoms with Crippen LogP contribution in [0.15, 0.2) is 46.9 Å². The normalized spacial score (nSPS) is 11.4. The number of hydrogen-bond donors (Lipinski definition) is 3. The van der Waals surface area contributed by atoms with Crippen LogP contribution in [0, 0.1) is 5.82 Å². The monoisotopic (exact) mass is 503 g/mol. The van der Waals surface area contributed by atoms with E-state index < -0.39 is 11.8 Å². The summed E-state index contributed by atoms with van der Waals surface area (Å²) in [5.74, 6) is -0.637. The van der Waals surface area contributed by atoms with Crippen LogP contribution in [0.3, 0.4) is 0 Å². The van der Waals surface area contributed by atoms with Crippen molar-refractivity contribution in [3.05, 3.63) is 58.7 Å². The zero-order valence-electron chi connectivity index (χ0n) is 19.3. The standard InChI is InChI=1S/C24H26FN3O6S/c1-32-10-8-19(17-14-35-23-16(17)4-3-5-18(23)25)27-28-22(30)13-26-24(31)15-6-7-20(34-11-9-29)21(12-15)33-2/h3-7,12,14,29H,8-11,13H2,1-2H3,(H,26,31)(H,28,30)/b27-19-. The van der Waals surface area contributed by atoms with Crippen molar-refractivity contribution in [2.45, 2.75) is 6.42 Å². The van der Waals surface area contributed by atoms with Gasteiger partial charge in [0.15, 0.2) is 11.5 Å². The third kappa shape index (κ3) is 6.75. The van der Waals surface area contributed by atoms with Gasteiger partial charge in [-0.05, 0) is 24.3 Å². The van der Waals surface area contributed by atoms with E-state index in [1.54, 1.807) is 30.7 Å². The van der Waals surface area contributed by atoms with E-state index in [1.807, 2.05) is 0 Å². The van der Waals surface area contributed by atoms with Gasteiger partial charge in [0.05, 0.1) is 37.3 Å². The number of ether oxygens (including phenoxy) is 3. The van der Waals surface area contributed by atoms with Crippen LogP contribution < -0.4 is 20.2 Å². The molecule has 9 nitrogen and oxygen atoms in total. The molecule has 2 amide bonds. The van der Waals surface area contributed by atoms with Crippen molar-refractivity contribution in [3.63, 3.8) is 0 Å². The number of rotatable bonds is 12. The highest BCUT2D eigenvalue weighted by molar-refractivity contribution is 7.17. The molecular weight excluding hydrogens is 477 g/mol. The third-order valence-corrected chi connectivity index (χ3v) is 5.91. The lowest BCUT2D eigenvalue weighted by Crippen LogP contribution is -2.35. The number of fused-ring (bicyclic) bond motifs is 1. The second-order valence-corrected chi connectivity index (χ2v) is 8.10. The number of aliphatic hydroxyl groups is 1. The molecule has 35 heavy (non-hydrogen) atoms. The lowest BCUT2D eigenvalue weighted by molar-refractivity contribution is -0.120. The molecule has 0 atom stereocenters. The smallest absolute Gasteiger partial charge is 0.259 e. The first-order valence-corrected chi connectivity index (χ1v) is 11.6. The SMILES string of the molecule is COCC/C(=N/NC(=O)CNC(=O)c1ccc(OCCO)c(OC)c1)c1csc2c(F)cccc12. The summed E-state index contributed by atoms with van der Waals surface area (Å²) in [5, 5.41) is 18.1. The van der Waals surface area contributed by atoms with E-state index in [0.717, 1.165) is 0 Å². The van der Waals surface area contributed by atoms with Gasteiger partial charge in [-0.15, -0.1) is 11.3 Å². The molecule has 3 aromatic rings. The number of carbonyl (C=O) groups is 2.